The second-order valence-electron chi connectivity index (χ2n) is 7.98. The van der Waals surface area contributed by atoms with Crippen molar-refractivity contribution in [3.8, 4) is 0 Å². The van der Waals surface area contributed by atoms with Gasteiger partial charge in [-0.3, -0.25) is 9.69 Å². The number of carbonyl (C=O) groups is 1. The lowest BCUT2D eigenvalue weighted by atomic mass is 9.77. The first-order valence-electron chi connectivity index (χ1n) is 9.33. The van der Waals surface area contributed by atoms with Crippen LogP contribution in [0.2, 0.25) is 0 Å². The van der Waals surface area contributed by atoms with Gasteiger partial charge in [-0.15, -0.1) is 0 Å². The van der Waals surface area contributed by atoms with Crippen molar-refractivity contribution in [3.05, 3.63) is 53.6 Å². The normalized spacial score (nSPS) is 20.0. The first kappa shape index (κ1) is 18.1. The molecule has 0 atom stereocenters. The third-order valence-corrected chi connectivity index (χ3v) is 5.92. The number of rotatable bonds is 4. The summed E-state index contributed by atoms with van der Waals surface area (Å²) in [6.07, 6.45) is 6.16. The SMILES string of the molecule is Cn1cncc1CN1CCC2(CC1)CC(=O)N(Cc1cc(F)cc(F)c1)C2. The van der Waals surface area contributed by atoms with Crippen LogP contribution in [0.15, 0.2) is 30.7 Å². The number of aryl methyl sites for hydroxylation is 1. The lowest BCUT2D eigenvalue weighted by Gasteiger charge is -2.38. The maximum Gasteiger partial charge on any atom is 0.223 e. The van der Waals surface area contributed by atoms with E-state index in [-0.39, 0.29) is 17.9 Å². The second-order valence-corrected chi connectivity index (χ2v) is 7.98. The molecule has 2 saturated heterocycles. The molecule has 2 aliphatic heterocycles. The van der Waals surface area contributed by atoms with Crippen LogP contribution in [0.3, 0.4) is 0 Å². The molecule has 0 bridgehead atoms. The van der Waals surface area contributed by atoms with Gasteiger partial charge in [0.25, 0.3) is 0 Å². The van der Waals surface area contributed by atoms with Crippen molar-refractivity contribution < 1.29 is 13.6 Å². The van der Waals surface area contributed by atoms with Gasteiger partial charge in [0.15, 0.2) is 0 Å². The molecule has 1 spiro atoms. The molecular weight excluding hydrogens is 350 g/mol. The molecule has 4 rings (SSSR count). The molecular formula is C20H24F2N4O. The van der Waals surface area contributed by atoms with Gasteiger partial charge in [0, 0.05) is 45.4 Å². The zero-order chi connectivity index (χ0) is 19.0. The fourth-order valence-corrected chi connectivity index (χ4v) is 4.33. The van der Waals surface area contributed by atoms with E-state index in [4.69, 9.17) is 0 Å². The number of piperidine rings is 1. The summed E-state index contributed by atoms with van der Waals surface area (Å²) in [5.74, 6) is -1.12. The summed E-state index contributed by atoms with van der Waals surface area (Å²) >= 11 is 0. The number of likely N-dealkylation sites (tertiary alicyclic amines) is 2. The monoisotopic (exact) mass is 374 g/mol. The largest absolute Gasteiger partial charge is 0.338 e. The Morgan fingerprint density at radius 2 is 1.81 bits per heavy atom. The van der Waals surface area contributed by atoms with Crippen LogP contribution in [0.5, 0.6) is 0 Å². The van der Waals surface area contributed by atoms with Crippen molar-refractivity contribution in [2.75, 3.05) is 19.6 Å². The van der Waals surface area contributed by atoms with Crippen LogP contribution in [0.4, 0.5) is 8.78 Å². The van der Waals surface area contributed by atoms with Gasteiger partial charge in [-0.25, -0.2) is 13.8 Å². The van der Waals surface area contributed by atoms with Crippen molar-refractivity contribution in [2.24, 2.45) is 12.5 Å². The number of nitrogens with zero attached hydrogens (tertiary/aromatic N) is 4. The molecule has 3 heterocycles. The maximum absolute atomic E-state index is 13.4. The lowest BCUT2D eigenvalue weighted by Crippen LogP contribution is -2.41. The van der Waals surface area contributed by atoms with Crippen LogP contribution in [-0.2, 0) is 24.9 Å². The minimum absolute atomic E-state index is 0.00802. The molecule has 0 radical (unpaired) electrons. The predicted octanol–water partition coefficient (Wildman–Crippen LogP) is 2.71. The van der Waals surface area contributed by atoms with Crippen LogP contribution in [0, 0.1) is 17.0 Å². The van der Waals surface area contributed by atoms with Crippen LogP contribution < -0.4 is 0 Å². The minimum Gasteiger partial charge on any atom is -0.338 e. The van der Waals surface area contributed by atoms with E-state index in [0.717, 1.165) is 38.5 Å². The molecule has 0 N–H and O–H groups in total. The smallest absolute Gasteiger partial charge is 0.223 e. The average Bonchev–Trinajstić information content (AvgIpc) is 3.13. The third kappa shape index (κ3) is 3.88. The van der Waals surface area contributed by atoms with Crippen LogP contribution in [0.1, 0.15) is 30.5 Å². The lowest BCUT2D eigenvalue weighted by molar-refractivity contribution is -0.128. The fourth-order valence-electron chi connectivity index (χ4n) is 4.33. The molecule has 2 aliphatic rings. The van der Waals surface area contributed by atoms with E-state index < -0.39 is 11.6 Å². The number of hydrogen-bond acceptors (Lipinski definition) is 3. The Morgan fingerprint density at radius 1 is 1.11 bits per heavy atom. The first-order chi connectivity index (χ1) is 12.9. The molecule has 2 fully saturated rings. The number of amides is 1. The first-order valence-corrected chi connectivity index (χ1v) is 9.33. The van der Waals surface area contributed by atoms with Crippen molar-refractivity contribution in [1.29, 1.82) is 0 Å². The van der Waals surface area contributed by atoms with E-state index in [2.05, 4.69) is 9.88 Å². The predicted molar refractivity (Wildman–Crippen MR) is 96.5 cm³/mol. The van der Waals surface area contributed by atoms with Gasteiger partial charge in [-0.05, 0) is 49.0 Å². The summed E-state index contributed by atoms with van der Waals surface area (Å²) in [7, 11) is 2.00. The highest BCUT2D eigenvalue weighted by atomic mass is 19.1. The molecule has 27 heavy (non-hydrogen) atoms. The van der Waals surface area contributed by atoms with Crippen molar-refractivity contribution in [3.63, 3.8) is 0 Å². The standard InChI is InChI=1S/C20H24F2N4O/c1-24-14-23-10-18(24)12-25-4-2-20(3-5-25)9-19(27)26(13-20)11-15-6-16(21)8-17(22)7-15/h6-8,10,14H,2-5,9,11-13H2,1H3. The molecule has 1 aromatic carbocycles. The van der Waals surface area contributed by atoms with E-state index in [0.29, 0.717) is 18.5 Å². The zero-order valence-electron chi connectivity index (χ0n) is 15.5. The number of imidazole rings is 1. The number of aromatic nitrogens is 2. The molecule has 1 aromatic heterocycles. The third-order valence-electron chi connectivity index (χ3n) is 5.92. The van der Waals surface area contributed by atoms with Gasteiger partial charge in [-0.2, -0.15) is 0 Å². The number of hydrogen-bond donors (Lipinski definition) is 0. The van der Waals surface area contributed by atoms with Gasteiger partial charge in [0.2, 0.25) is 5.91 Å². The van der Waals surface area contributed by atoms with E-state index in [1.165, 1.54) is 17.8 Å². The Hall–Kier alpha value is -2.28. The Labute approximate surface area is 157 Å². The van der Waals surface area contributed by atoms with E-state index in [1.54, 1.807) is 4.90 Å². The molecule has 5 nitrogen and oxygen atoms in total. The average molecular weight is 374 g/mol. The van der Waals surface area contributed by atoms with E-state index >= 15 is 0 Å². The van der Waals surface area contributed by atoms with Crippen molar-refractivity contribution in [2.45, 2.75) is 32.4 Å². The number of benzene rings is 1. The van der Waals surface area contributed by atoms with Crippen molar-refractivity contribution >= 4 is 5.91 Å². The van der Waals surface area contributed by atoms with Crippen LogP contribution >= 0.6 is 0 Å². The Morgan fingerprint density at radius 3 is 2.44 bits per heavy atom. The minimum atomic E-state index is -0.602. The quantitative estimate of drug-likeness (QED) is 0.826. The second kappa shape index (κ2) is 7.03. The Kier molecular flexibility index (Phi) is 4.72. The summed E-state index contributed by atoms with van der Waals surface area (Å²) in [6, 6.07) is 3.46. The molecule has 144 valence electrons. The summed E-state index contributed by atoms with van der Waals surface area (Å²) in [4.78, 5) is 20.8. The summed E-state index contributed by atoms with van der Waals surface area (Å²) in [6.45, 7) is 3.70. The topological polar surface area (TPSA) is 41.4 Å². The van der Waals surface area contributed by atoms with Gasteiger partial charge < -0.3 is 9.47 Å². The highest BCUT2D eigenvalue weighted by molar-refractivity contribution is 5.79. The number of halogens is 2. The summed E-state index contributed by atoms with van der Waals surface area (Å²) < 4.78 is 28.9. The van der Waals surface area contributed by atoms with E-state index in [9.17, 15) is 13.6 Å². The molecule has 0 unspecified atom stereocenters. The van der Waals surface area contributed by atoms with Crippen LogP contribution in [0.25, 0.3) is 0 Å². The van der Waals surface area contributed by atoms with Crippen molar-refractivity contribution in [1.82, 2.24) is 19.4 Å². The Bertz CT molecular complexity index is 822. The van der Waals surface area contributed by atoms with Crippen LogP contribution in [-0.4, -0.2) is 44.9 Å². The maximum atomic E-state index is 13.4. The summed E-state index contributed by atoms with van der Waals surface area (Å²) in [5.41, 5.74) is 1.68. The molecule has 2 aromatic rings. The highest BCUT2D eigenvalue weighted by Gasteiger charge is 2.44. The van der Waals surface area contributed by atoms with E-state index in [1.807, 2.05) is 24.1 Å². The zero-order valence-corrected chi connectivity index (χ0v) is 15.5. The van der Waals surface area contributed by atoms with Gasteiger partial charge in [-0.1, -0.05) is 0 Å². The van der Waals surface area contributed by atoms with Gasteiger partial charge >= 0.3 is 0 Å². The molecule has 0 saturated carbocycles. The Balaban J connectivity index is 1.37. The molecule has 0 aliphatic carbocycles. The highest BCUT2D eigenvalue weighted by Crippen LogP contribution is 2.41. The van der Waals surface area contributed by atoms with Gasteiger partial charge in [0.05, 0.1) is 12.0 Å². The number of carbonyl (C=O) groups excluding carboxylic acids is 1. The summed E-state index contributed by atoms with van der Waals surface area (Å²) in [5, 5.41) is 0. The molecule has 1 amide bonds. The van der Waals surface area contributed by atoms with Gasteiger partial charge in [0.1, 0.15) is 11.6 Å². The molecule has 7 heteroatoms. The fraction of sp³-hybridized carbons (Fsp3) is 0.500.